The molecule has 1 fully saturated rings. The van der Waals surface area contributed by atoms with E-state index in [2.05, 4.69) is 44.8 Å². The van der Waals surface area contributed by atoms with E-state index in [0.717, 1.165) is 26.1 Å². The Kier molecular flexibility index (Phi) is 11.5. The molecule has 0 radical (unpaired) electrons. The van der Waals surface area contributed by atoms with Gasteiger partial charge >= 0.3 is 0 Å². The zero-order valence-corrected chi connectivity index (χ0v) is 25.5. The lowest BCUT2D eigenvalue weighted by Crippen LogP contribution is -2.39. The third-order valence-corrected chi connectivity index (χ3v) is 6.88. The summed E-state index contributed by atoms with van der Waals surface area (Å²) in [5, 5.41) is 11.4. The number of hydrazine groups is 1. The predicted octanol–water partition coefficient (Wildman–Crippen LogP) is 4.11. The van der Waals surface area contributed by atoms with E-state index >= 15 is 0 Å². The maximum atomic E-state index is 14.8. The standard InChI is InChI=1S/C30H39ClFN7O4/c1-5-12-39(14-11-33-3)13-9-29(40)36-28-16-22(8-10-34-28)35-27-17-26(24-15-21(31)6-7-25(24)32)37-38(4)30(27)42-19-23-18-41-20(2)43-23/h6-8,10,15-17,23,33,37H,2,5,9,11-14,18-19H2,1,3-4H3,(H2,34,35,36,40). The number of allylic oxidation sites excluding steroid dienone is 1. The van der Waals surface area contributed by atoms with Gasteiger partial charge in [0.15, 0.2) is 6.10 Å². The highest BCUT2D eigenvalue weighted by molar-refractivity contribution is 6.30. The predicted molar refractivity (Wildman–Crippen MR) is 165 cm³/mol. The number of likely N-dealkylation sites (N-methyl/N-ethyl adjacent to an activating group) is 1. The van der Waals surface area contributed by atoms with Crippen LogP contribution in [0, 0.1) is 5.82 Å². The molecule has 1 saturated heterocycles. The number of amides is 1. The number of benzene rings is 1. The zero-order valence-electron chi connectivity index (χ0n) is 24.7. The monoisotopic (exact) mass is 615 g/mol. The highest BCUT2D eigenvalue weighted by Gasteiger charge is 2.26. The van der Waals surface area contributed by atoms with E-state index in [4.69, 9.17) is 25.8 Å². The van der Waals surface area contributed by atoms with E-state index in [1.165, 1.54) is 12.1 Å². The van der Waals surface area contributed by atoms with Crippen LogP contribution in [0.1, 0.15) is 25.3 Å². The maximum absolute atomic E-state index is 14.8. The summed E-state index contributed by atoms with van der Waals surface area (Å²) < 4.78 is 31.7. The number of hydrogen-bond acceptors (Lipinski definition) is 10. The molecule has 13 heteroatoms. The van der Waals surface area contributed by atoms with Gasteiger partial charge in [0, 0.05) is 61.6 Å². The summed E-state index contributed by atoms with van der Waals surface area (Å²) in [5.41, 5.74) is 5.05. The first-order valence-electron chi connectivity index (χ1n) is 14.2. The molecule has 1 aromatic carbocycles. The van der Waals surface area contributed by atoms with Crippen molar-refractivity contribution in [3.05, 3.63) is 83.1 Å². The van der Waals surface area contributed by atoms with E-state index < -0.39 is 5.82 Å². The molecule has 4 N–H and O–H groups in total. The van der Waals surface area contributed by atoms with Crippen LogP contribution in [-0.2, 0) is 19.0 Å². The minimum Gasteiger partial charge on any atom is -0.472 e. The van der Waals surface area contributed by atoms with Crippen LogP contribution in [0.3, 0.4) is 0 Å². The highest BCUT2D eigenvalue weighted by Crippen LogP contribution is 2.29. The Bertz CT molecular complexity index is 1360. The Morgan fingerprint density at radius 1 is 1.30 bits per heavy atom. The summed E-state index contributed by atoms with van der Waals surface area (Å²) in [6, 6.07) is 7.83. The third kappa shape index (κ3) is 9.24. The van der Waals surface area contributed by atoms with Crippen molar-refractivity contribution in [2.24, 2.45) is 0 Å². The molecule has 232 valence electrons. The molecule has 4 rings (SSSR count). The van der Waals surface area contributed by atoms with Crippen molar-refractivity contribution in [1.29, 1.82) is 0 Å². The highest BCUT2D eigenvalue weighted by atomic mass is 35.5. The van der Waals surface area contributed by atoms with Crippen LogP contribution in [0.5, 0.6) is 0 Å². The number of nitrogens with zero attached hydrogens (tertiary/aromatic N) is 3. The summed E-state index contributed by atoms with van der Waals surface area (Å²) in [6.45, 7) is 9.62. The number of hydrogen-bond donors (Lipinski definition) is 4. The van der Waals surface area contributed by atoms with Crippen LogP contribution in [0.25, 0.3) is 5.70 Å². The molecule has 2 aromatic rings. The smallest absolute Gasteiger partial charge is 0.272 e. The van der Waals surface area contributed by atoms with Gasteiger partial charge in [0.2, 0.25) is 11.8 Å². The summed E-state index contributed by atoms with van der Waals surface area (Å²) in [5.74, 6) is 0.508. The van der Waals surface area contributed by atoms with Crippen LogP contribution >= 0.6 is 11.6 Å². The lowest BCUT2D eigenvalue weighted by Gasteiger charge is -2.32. The molecule has 11 nitrogen and oxygen atoms in total. The molecular formula is C30H39ClFN7O4. The Morgan fingerprint density at radius 2 is 2.14 bits per heavy atom. The molecule has 43 heavy (non-hydrogen) atoms. The van der Waals surface area contributed by atoms with Crippen molar-refractivity contribution in [1.82, 2.24) is 25.6 Å². The Balaban J connectivity index is 1.52. The van der Waals surface area contributed by atoms with Gasteiger partial charge in [0.1, 0.15) is 30.5 Å². The lowest BCUT2D eigenvalue weighted by molar-refractivity contribution is -0.116. The maximum Gasteiger partial charge on any atom is 0.272 e. The first-order chi connectivity index (χ1) is 20.7. The second-order valence-corrected chi connectivity index (χ2v) is 10.5. The number of carbonyl (C=O) groups excluding carboxylic acids is 1. The summed E-state index contributed by atoms with van der Waals surface area (Å²) in [7, 11) is 3.66. The summed E-state index contributed by atoms with van der Waals surface area (Å²) in [6.07, 6.45) is 4.35. The van der Waals surface area contributed by atoms with E-state index in [-0.39, 0.29) is 30.1 Å². The fraction of sp³-hybridized carbons (Fsp3) is 0.400. The van der Waals surface area contributed by atoms with Gasteiger partial charge in [-0.2, -0.15) is 0 Å². The van der Waals surface area contributed by atoms with Crippen LogP contribution in [-0.4, -0.2) is 80.4 Å². The van der Waals surface area contributed by atoms with Gasteiger partial charge in [-0.15, -0.1) is 0 Å². The second kappa shape index (κ2) is 15.5. The molecule has 0 spiro atoms. The Labute approximate surface area is 256 Å². The number of nitrogens with one attached hydrogen (secondary N) is 4. The normalized spacial score (nSPS) is 16.4. The summed E-state index contributed by atoms with van der Waals surface area (Å²) in [4.78, 5) is 19.3. The third-order valence-electron chi connectivity index (χ3n) is 6.64. The fourth-order valence-corrected chi connectivity index (χ4v) is 4.74. The minimum absolute atomic E-state index is 0.126. The second-order valence-electron chi connectivity index (χ2n) is 10.1. The number of ether oxygens (including phenoxy) is 3. The van der Waals surface area contributed by atoms with Crippen molar-refractivity contribution in [3.63, 3.8) is 0 Å². The minimum atomic E-state index is -0.437. The van der Waals surface area contributed by atoms with Crippen LogP contribution in [0.4, 0.5) is 15.9 Å². The van der Waals surface area contributed by atoms with Gasteiger partial charge in [0.25, 0.3) is 5.95 Å². The van der Waals surface area contributed by atoms with Crippen molar-refractivity contribution in [2.45, 2.75) is 25.9 Å². The zero-order chi connectivity index (χ0) is 30.8. The number of halogens is 2. The summed E-state index contributed by atoms with van der Waals surface area (Å²) >= 11 is 6.17. The van der Waals surface area contributed by atoms with Crippen molar-refractivity contribution in [2.75, 3.05) is 64.1 Å². The lowest BCUT2D eigenvalue weighted by atomic mass is 10.1. The van der Waals surface area contributed by atoms with Gasteiger partial charge in [-0.1, -0.05) is 18.5 Å². The molecule has 0 bridgehead atoms. The van der Waals surface area contributed by atoms with Crippen LogP contribution in [0.2, 0.25) is 5.02 Å². The molecule has 2 aliphatic rings. The van der Waals surface area contributed by atoms with Crippen molar-refractivity contribution in [3.8, 4) is 0 Å². The molecular weight excluding hydrogens is 577 g/mol. The molecule has 1 amide bonds. The molecule has 3 heterocycles. The van der Waals surface area contributed by atoms with Gasteiger partial charge in [-0.25, -0.2) is 9.37 Å². The number of aromatic nitrogens is 1. The quantitative estimate of drug-likeness (QED) is 0.234. The first kappa shape index (κ1) is 31.9. The van der Waals surface area contributed by atoms with E-state index in [1.807, 2.05) is 7.05 Å². The molecule has 0 aliphatic carbocycles. The molecule has 1 unspecified atom stereocenters. The number of pyridine rings is 1. The van der Waals surface area contributed by atoms with Gasteiger partial charge in [0.05, 0.1) is 5.70 Å². The molecule has 1 atom stereocenters. The van der Waals surface area contributed by atoms with E-state index in [9.17, 15) is 9.18 Å². The van der Waals surface area contributed by atoms with Gasteiger partial charge in [-0.3, -0.25) is 15.2 Å². The average Bonchev–Trinajstić information content (AvgIpc) is 3.40. The molecule has 2 aliphatic heterocycles. The van der Waals surface area contributed by atoms with E-state index in [0.29, 0.717) is 53.4 Å². The van der Waals surface area contributed by atoms with Gasteiger partial charge < -0.3 is 35.1 Å². The topological polar surface area (TPSA) is 112 Å². The first-order valence-corrected chi connectivity index (χ1v) is 14.6. The van der Waals surface area contributed by atoms with Gasteiger partial charge in [-0.05, 0) is 56.9 Å². The Hall–Kier alpha value is -4.00. The number of rotatable bonds is 15. The molecule has 1 aromatic heterocycles. The number of carbonyl (C=O) groups is 1. The largest absolute Gasteiger partial charge is 0.472 e. The Morgan fingerprint density at radius 3 is 2.88 bits per heavy atom. The fourth-order valence-electron chi connectivity index (χ4n) is 4.57. The van der Waals surface area contributed by atoms with Crippen molar-refractivity contribution < 1.29 is 23.4 Å². The van der Waals surface area contributed by atoms with Crippen molar-refractivity contribution >= 4 is 34.7 Å². The SMILES string of the molecule is C=C1OCC(COC2=C(Nc3ccnc(NC(=O)CCN(CCC)CCNC)c3)C=C(c3cc(Cl)ccc3F)NN2C)O1. The van der Waals surface area contributed by atoms with E-state index in [1.54, 1.807) is 42.5 Å². The van der Waals surface area contributed by atoms with Crippen LogP contribution in [0.15, 0.2) is 66.7 Å². The number of anilines is 2. The van der Waals surface area contributed by atoms with Crippen LogP contribution < -0.4 is 21.4 Å². The average molecular weight is 616 g/mol. The molecule has 0 saturated carbocycles.